The van der Waals surface area contributed by atoms with Gasteiger partial charge in [0, 0.05) is 10.7 Å². The quantitative estimate of drug-likeness (QED) is 0.284. The molecule has 0 aliphatic carbocycles. The third-order valence-electron chi connectivity index (χ3n) is 5.03. The summed E-state index contributed by atoms with van der Waals surface area (Å²) in [7, 11) is 0. The first-order valence-electron chi connectivity index (χ1n) is 10.1. The van der Waals surface area contributed by atoms with Crippen molar-refractivity contribution in [3.8, 4) is 5.75 Å². The number of nitrogens with one attached hydrogen (secondary N) is 1. The summed E-state index contributed by atoms with van der Waals surface area (Å²) in [5.41, 5.74) is 2.27. The zero-order chi connectivity index (χ0) is 23.5. The van der Waals surface area contributed by atoms with E-state index in [1.54, 1.807) is 42.5 Å². The first-order valence-corrected chi connectivity index (χ1v) is 10.9. The Balaban J connectivity index is 1.47. The van der Waals surface area contributed by atoms with Crippen molar-refractivity contribution in [1.82, 2.24) is 0 Å². The van der Waals surface area contributed by atoms with E-state index in [-0.39, 0.29) is 10.7 Å². The van der Waals surface area contributed by atoms with Crippen LogP contribution in [0.5, 0.6) is 5.75 Å². The molecule has 1 heterocycles. The van der Waals surface area contributed by atoms with Crippen LogP contribution in [0.2, 0.25) is 5.02 Å². The lowest BCUT2D eigenvalue weighted by atomic mass is 10.1. The molecular formula is C25H18Cl2N2O4. The van der Waals surface area contributed by atoms with E-state index in [1.165, 1.54) is 18.2 Å². The van der Waals surface area contributed by atoms with Crippen molar-refractivity contribution in [2.75, 3.05) is 10.2 Å². The Morgan fingerprint density at radius 3 is 2.27 bits per heavy atom. The van der Waals surface area contributed by atoms with Crippen LogP contribution in [0.4, 0.5) is 11.4 Å². The van der Waals surface area contributed by atoms with Crippen molar-refractivity contribution in [2.45, 2.75) is 13.3 Å². The lowest BCUT2D eigenvalue weighted by Crippen LogP contribution is -2.32. The van der Waals surface area contributed by atoms with E-state index in [4.69, 9.17) is 27.9 Å². The predicted molar refractivity (Wildman–Crippen MR) is 128 cm³/mol. The third kappa shape index (κ3) is 4.77. The number of carbonyl (C=O) groups excluding carboxylic acids is 3. The van der Waals surface area contributed by atoms with E-state index in [9.17, 15) is 14.4 Å². The number of carbonyl (C=O) groups is 3. The van der Waals surface area contributed by atoms with Gasteiger partial charge in [0.15, 0.2) is 0 Å². The van der Waals surface area contributed by atoms with Crippen LogP contribution in [0.1, 0.15) is 22.8 Å². The van der Waals surface area contributed by atoms with E-state index in [2.05, 4.69) is 5.32 Å². The Kier molecular flexibility index (Phi) is 6.49. The lowest BCUT2D eigenvalue weighted by molar-refractivity contribution is -0.120. The first-order chi connectivity index (χ1) is 15.9. The van der Waals surface area contributed by atoms with Crippen LogP contribution >= 0.6 is 23.2 Å². The maximum absolute atomic E-state index is 12.9. The zero-order valence-electron chi connectivity index (χ0n) is 17.5. The molecule has 0 saturated heterocycles. The highest BCUT2D eigenvalue weighted by Gasteiger charge is 2.38. The minimum atomic E-state index is -0.602. The summed E-state index contributed by atoms with van der Waals surface area (Å²) in [6.45, 7) is 2.02. The van der Waals surface area contributed by atoms with Crippen molar-refractivity contribution in [3.63, 3.8) is 0 Å². The number of rotatable bonds is 6. The molecule has 1 N–H and O–H groups in total. The number of hydrogen-bond acceptors (Lipinski definition) is 5. The van der Waals surface area contributed by atoms with Gasteiger partial charge in [0.2, 0.25) is 0 Å². The second-order valence-corrected chi connectivity index (χ2v) is 8.02. The number of nitrogens with zero attached hydrogens (tertiary/aromatic N) is 1. The molecule has 0 unspecified atom stereocenters. The molecule has 3 aromatic carbocycles. The number of ether oxygens (including phenoxy) is 1. The Bertz CT molecular complexity index is 1270. The number of aryl methyl sites for hydroxylation is 1. The molecule has 6 nitrogen and oxygen atoms in total. The molecule has 4 rings (SSSR count). The molecule has 3 aromatic rings. The van der Waals surface area contributed by atoms with Gasteiger partial charge in [0.05, 0.1) is 11.3 Å². The minimum Gasteiger partial charge on any atom is -0.423 e. The molecule has 8 heteroatoms. The Hall–Kier alpha value is -3.61. The Labute approximate surface area is 200 Å². The molecule has 0 atom stereocenters. The Morgan fingerprint density at radius 1 is 0.939 bits per heavy atom. The van der Waals surface area contributed by atoms with Crippen LogP contribution < -0.4 is 15.0 Å². The molecule has 166 valence electrons. The lowest BCUT2D eigenvalue weighted by Gasteiger charge is -2.15. The van der Waals surface area contributed by atoms with Gasteiger partial charge < -0.3 is 10.1 Å². The van der Waals surface area contributed by atoms with Gasteiger partial charge in [0.1, 0.15) is 16.5 Å². The summed E-state index contributed by atoms with van der Waals surface area (Å²) in [4.78, 5) is 38.9. The summed E-state index contributed by atoms with van der Waals surface area (Å²) >= 11 is 12.1. The maximum atomic E-state index is 12.9. The molecule has 0 bridgehead atoms. The third-order valence-corrected chi connectivity index (χ3v) is 5.61. The highest BCUT2D eigenvalue weighted by Crippen LogP contribution is 2.30. The SMILES string of the molecule is CCc1ccc(N2C(=O)C(Cl)=C(Nc3ccc(C(=O)Oc4cccc(Cl)c4)cc3)C2=O)cc1. The molecule has 0 aromatic heterocycles. The molecule has 0 radical (unpaired) electrons. The summed E-state index contributed by atoms with van der Waals surface area (Å²) in [6.07, 6.45) is 0.844. The monoisotopic (exact) mass is 480 g/mol. The fourth-order valence-electron chi connectivity index (χ4n) is 3.26. The molecule has 1 aliphatic rings. The maximum Gasteiger partial charge on any atom is 0.343 e. The standard InChI is InChI=1S/C25H18Cl2N2O4/c1-2-15-6-12-19(13-7-15)29-23(30)21(27)22(24(29)31)28-18-10-8-16(9-11-18)25(32)33-20-5-3-4-17(26)14-20/h3-14,28H,2H2,1H3. The highest BCUT2D eigenvalue weighted by atomic mass is 35.5. The van der Waals surface area contributed by atoms with Gasteiger partial charge in [-0.3, -0.25) is 9.59 Å². The summed E-state index contributed by atoms with van der Waals surface area (Å²) in [5.74, 6) is -1.39. The number of hydrogen-bond donors (Lipinski definition) is 1. The van der Waals surface area contributed by atoms with Gasteiger partial charge in [-0.05, 0) is 66.6 Å². The van der Waals surface area contributed by atoms with Gasteiger partial charge in [-0.1, -0.05) is 48.3 Å². The van der Waals surface area contributed by atoms with Crippen LogP contribution in [0, 0.1) is 0 Å². The van der Waals surface area contributed by atoms with Crippen LogP contribution in [0.15, 0.2) is 83.5 Å². The van der Waals surface area contributed by atoms with Crippen molar-refractivity contribution < 1.29 is 19.1 Å². The highest BCUT2D eigenvalue weighted by molar-refractivity contribution is 6.53. The van der Waals surface area contributed by atoms with E-state index in [0.29, 0.717) is 27.7 Å². The van der Waals surface area contributed by atoms with E-state index < -0.39 is 17.8 Å². The molecule has 0 spiro atoms. The van der Waals surface area contributed by atoms with Crippen molar-refractivity contribution in [3.05, 3.63) is 99.7 Å². The zero-order valence-corrected chi connectivity index (χ0v) is 19.0. The second-order valence-electron chi connectivity index (χ2n) is 7.20. The molecule has 2 amide bonds. The summed E-state index contributed by atoms with van der Waals surface area (Å²) in [5, 5.41) is 3.13. The number of benzene rings is 3. The van der Waals surface area contributed by atoms with Crippen LogP contribution in [0.25, 0.3) is 0 Å². The Morgan fingerprint density at radius 2 is 1.64 bits per heavy atom. The molecular weight excluding hydrogens is 463 g/mol. The summed E-state index contributed by atoms with van der Waals surface area (Å²) in [6, 6.07) is 19.9. The van der Waals surface area contributed by atoms with Gasteiger partial charge in [-0.2, -0.15) is 0 Å². The number of halogens is 2. The number of anilines is 2. The normalized spacial score (nSPS) is 13.5. The van der Waals surface area contributed by atoms with Gasteiger partial charge in [0.25, 0.3) is 11.8 Å². The van der Waals surface area contributed by atoms with E-state index in [1.807, 2.05) is 19.1 Å². The summed E-state index contributed by atoms with van der Waals surface area (Å²) < 4.78 is 5.30. The second kappa shape index (κ2) is 9.48. The topological polar surface area (TPSA) is 75.7 Å². The molecule has 1 aliphatic heterocycles. The van der Waals surface area contributed by atoms with Crippen LogP contribution in [-0.2, 0) is 16.0 Å². The van der Waals surface area contributed by atoms with E-state index >= 15 is 0 Å². The van der Waals surface area contributed by atoms with Gasteiger partial charge in [-0.25, -0.2) is 9.69 Å². The van der Waals surface area contributed by atoms with Crippen molar-refractivity contribution in [2.24, 2.45) is 0 Å². The minimum absolute atomic E-state index is 0.0320. The van der Waals surface area contributed by atoms with Crippen molar-refractivity contribution >= 4 is 52.4 Å². The van der Waals surface area contributed by atoms with Gasteiger partial charge in [-0.15, -0.1) is 0 Å². The fourth-order valence-corrected chi connectivity index (χ4v) is 3.65. The van der Waals surface area contributed by atoms with Crippen LogP contribution in [-0.4, -0.2) is 17.8 Å². The number of imide groups is 1. The molecule has 0 fully saturated rings. The number of amides is 2. The molecule has 33 heavy (non-hydrogen) atoms. The van der Waals surface area contributed by atoms with Gasteiger partial charge >= 0.3 is 5.97 Å². The number of esters is 1. The first kappa shape index (κ1) is 22.6. The average Bonchev–Trinajstić information content (AvgIpc) is 3.02. The largest absolute Gasteiger partial charge is 0.423 e. The predicted octanol–water partition coefficient (Wildman–Crippen LogP) is 5.56. The smallest absolute Gasteiger partial charge is 0.343 e. The fraction of sp³-hybridized carbons (Fsp3) is 0.0800. The molecule has 0 saturated carbocycles. The van der Waals surface area contributed by atoms with Crippen LogP contribution in [0.3, 0.4) is 0 Å². The average molecular weight is 481 g/mol. The van der Waals surface area contributed by atoms with E-state index in [0.717, 1.165) is 16.9 Å². The van der Waals surface area contributed by atoms with Crippen molar-refractivity contribution in [1.29, 1.82) is 0 Å².